The molecule has 1 spiro atoms. The third-order valence-corrected chi connectivity index (χ3v) is 13.1. The molecule has 6 rings (SSSR count). The van der Waals surface area contributed by atoms with Gasteiger partial charge in [0.1, 0.15) is 17.8 Å². The van der Waals surface area contributed by atoms with E-state index in [0.29, 0.717) is 0 Å². The molecular formula is C44H59NO16. The van der Waals surface area contributed by atoms with Crippen molar-refractivity contribution in [3.8, 4) is 0 Å². The second-order valence-corrected chi connectivity index (χ2v) is 18.8. The third-order valence-electron chi connectivity index (χ3n) is 13.1. The van der Waals surface area contributed by atoms with Crippen LogP contribution in [-0.4, -0.2) is 127 Å². The van der Waals surface area contributed by atoms with Gasteiger partial charge < -0.3 is 53.1 Å². The highest BCUT2D eigenvalue weighted by atomic mass is 16.8. The van der Waals surface area contributed by atoms with Gasteiger partial charge in [0.2, 0.25) is 5.60 Å². The largest absolute Gasteiger partial charge is 0.509 e. The zero-order valence-corrected chi connectivity index (χ0v) is 36.9. The first-order chi connectivity index (χ1) is 28.4. The fraction of sp³-hybridized carbons (Fsp3) is 0.682. The van der Waals surface area contributed by atoms with Crippen molar-refractivity contribution in [1.82, 2.24) is 5.32 Å². The fourth-order valence-corrected chi connectivity index (χ4v) is 10.6. The second kappa shape index (κ2) is 16.3. The second-order valence-electron chi connectivity index (χ2n) is 18.8. The minimum Gasteiger partial charge on any atom is -0.454 e. The van der Waals surface area contributed by atoms with Gasteiger partial charge in [0.05, 0.1) is 35.6 Å². The van der Waals surface area contributed by atoms with E-state index in [1.807, 2.05) is 13.8 Å². The van der Waals surface area contributed by atoms with Crippen LogP contribution in [0.3, 0.4) is 0 Å². The molecule has 2 saturated carbocycles. The highest BCUT2D eigenvalue weighted by Gasteiger charge is 2.83. The Balaban J connectivity index is 1.59. The van der Waals surface area contributed by atoms with Crippen LogP contribution in [0.1, 0.15) is 92.4 Å². The van der Waals surface area contributed by atoms with E-state index in [2.05, 4.69) is 5.32 Å². The maximum Gasteiger partial charge on any atom is 0.509 e. The number of alkyl carbamates (subject to hydrolysis) is 1. The lowest BCUT2D eigenvalue weighted by Gasteiger charge is -2.67. The minimum atomic E-state index is -2.18. The Morgan fingerprint density at radius 1 is 1.00 bits per heavy atom. The summed E-state index contributed by atoms with van der Waals surface area (Å²) in [6.07, 6.45) is -12.1. The molecule has 2 saturated heterocycles. The predicted octanol–water partition coefficient (Wildman–Crippen LogP) is 4.39. The van der Waals surface area contributed by atoms with Crippen LogP contribution in [0, 0.1) is 22.7 Å². The molecule has 1 aromatic rings. The van der Waals surface area contributed by atoms with Crippen LogP contribution in [-0.2, 0) is 57.0 Å². The molecule has 2 N–H and O–H groups in total. The molecule has 0 radical (unpaired) electrons. The lowest BCUT2D eigenvalue weighted by molar-refractivity contribution is -0.347. The van der Waals surface area contributed by atoms with Gasteiger partial charge in [-0.25, -0.2) is 19.2 Å². The maximum atomic E-state index is 15.7. The number of fused-ring (bicyclic) bond motifs is 4. The predicted molar refractivity (Wildman–Crippen MR) is 212 cm³/mol. The first-order valence-electron chi connectivity index (χ1n) is 20.6. The Hall–Kier alpha value is -4.58. The number of hydrogen-bond donors (Lipinski definition) is 2. The molecule has 2 aliphatic heterocycles. The van der Waals surface area contributed by atoms with Crippen molar-refractivity contribution in [2.75, 3.05) is 20.8 Å². The number of rotatable bonds is 11. The highest BCUT2D eigenvalue weighted by Crippen LogP contribution is 2.67. The Morgan fingerprint density at radius 2 is 1.66 bits per heavy atom. The fourth-order valence-electron chi connectivity index (χ4n) is 10.6. The average Bonchev–Trinajstić information content (AvgIpc) is 3.53. The number of aliphatic hydroxyl groups is 1. The smallest absolute Gasteiger partial charge is 0.454 e. The van der Waals surface area contributed by atoms with Gasteiger partial charge in [-0.15, -0.1) is 0 Å². The summed E-state index contributed by atoms with van der Waals surface area (Å²) in [5, 5.41) is 14.2. The number of amides is 1. The summed E-state index contributed by atoms with van der Waals surface area (Å²) in [6, 6.07) is 6.80. The summed E-state index contributed by atoms with van der Waals surface area (Å²) in [6.45, 7) is 16.2. The van der Waals surface area contributed by atoms with Gasteiger partial charge in [0.15, 0.2) is 35.8 Å². The quantitative estimate of drug-likeness (QED) is 0.179. The summed E-state index contributed by atoms with van der Waals surface area (Å²) in [4.78, 5) is 84.5. The van der Waals surface area contributed by atoms with Crippen LogP contribution in [0.25, 0.3) is 0 Å². The molecule has 0 aromatic heterocycles. The number of ketones is 1. The topological polar surface area (TPSA) is 218 Å². The van der Waals surface area contributed by atoms with E-state index in [0.717, 1.165) is 0 Å². The summed E-state index contributed by atoms with van der Waals surface area (Å²) >= 11 is 0. The standard InChI is InChI=1S/C44H59NO16/c1-21(2)18-25(45-38(51)60-40(5,6)7)29(47)37(50)56-30-22(3)28-31(54-12)33(48)42(10)26(53-11)19-27-43(20-55-27,59-23(4)46)32(42)35(57-36(49)24-16-14-13-15-17-24)44(41(28,8)9)34(30)58-39(52)61-44/h13-17,21,25-27,29-32,34-35,47H,18-20H2,1-12H3,(H,45,51)/t25-,26-,27+,29+,30+,31+,32-,34-,35-,42+,43-,44+/m0/s1. The number of benzene rings is 1. The molecular weight excluding hydrogens is 798 g/mol. The number of methoxy groups -OCH3 is 2. The van der Waals surface area contributed by atoms with E-state index in [1.54, 1.807) is 66.7 Å². The monoisotopic (exact) mass is 857 g/mol. The number of carbonyl (C=O) groups excluding carboxylic acids is 6. The molecule has 1 aromatic carbocycles. The molecule has 4 fully saturated rings. The van der Waals surface area contributed by atoms with Crippen molar-refractivity contribution in [2.24, 2.45) is 22.7 Å². The molecule has 336 valence electrons. The molecule has 2 heterocycles. The zero-order valence-electron chi connectivity index (χ0n) is 36.9. The number of Topliss-reactive ketones (excluding diaryl/α,β-unsaturated/α-hetero) is 1. The van der Waals surface area contributed by atoms with Gasteiger partial charge in [-0.3, -0.25) is 9.59 Å². The van der Waals surface area contributed by atoms with Crippen LogP contribution in [0.4, 0.5) is 9.59 Å². The molecule has 17 heteroatoms. The number of esters is 3. The first kappa shape index (κ1) is 45.9. The van der Waals surface area contributed by atoms with E-state index < -0.39 is 118 Å². The van der Waals surface area contributed by atoms with Gasteiger partial charge in [0.25, 0.3) is 0 Å². The number of aliphatic hydroxyl groups excluding tert-OH is 1. The molecule has 61 heavy (non-hydrogen) atoms. The lowest BCUT2D eigenvalue weighted by atomic mass is 9.44. The van der Waals surface area contributed by atoms with Crippen LogP contribution < -0.4 is 5.32 Å². The summed E-state index contributed by atoms with van der Waals surface area (Å²) in [7, 11) is 2.75. The van der Waals surface area contributed by atoms with E-state index in [1.165, 1.54) is 33.3 Å². The normalized spacial score (nSPS) is 34.7. The molecule has 17 nitrogen and oxygen atoms in total. The van der Waals surface area contributed by atoms with Gasteiger partial charge in [-0.2, -0.15) is 0 Å². The highest BCUT2D eigenvalue weighted by molar-refractivity contribution is 5.95. The van der Waals surface area contributed by atoms with Gasteiger partial charge in [-0.1, -0.05) is 45.9 Å². The van der Waals surface area contributed by atoms with Gasteiger partial charge >= 0.3 is 30.2 Å². The van der Waals surface area contributed by atoms with Crippen LogP contribution in [0.15, 0.2) is 41.5 Å². The third kappa shape index (κ3) is 7.48. The van der Waals surface area contributed by atoms with Crippen molar-refractivity contribution < 1.29 is 76.5 Å². The molecule has 2 bridgehead atoms. The average molecular weight is 858 g/mol. The Bertz CT molecular complexity index is 1960. The minimum absolute atomic E-state index is 0.0828. The van der Waals surface area contributed by atoms with E-state index >= 15 is 4.79 Å². The molecule has 1 amide bonds. The molecule has 5 aliphatic rings. The zero-order chi connectivity index (χ0) is 45.2. The number of nitrogens with one attached hydrogen (secondary N) is 1. The van der Waals surface area contributed by atoms with Crippen LogP contribution in [0.5, 0.6) is 0 Å². The van der Waals surface area contributed by atoms with Crippen molar-refractivity contribution >= 4 is 35.9 Å². The van der Waals surface area contributed by atoms with Crippen molar-refractivity contribution in [1.29, 1.82) is 0 Å². The SMILES string of the molecule is CO[C@H]1C(=O)[C@]2(C)[C@@H](OC)C[C@H]3OC[C@@]3(OC(C)=O)[C@H]2[C@H](OC(=O)c2ccccc2)[C@]23OC(=O)O[C@H]2[C@H](OC(=O)[C@H](O)[C@H](CC(C)C)NC(=O)OC(C)(C)C)C(C)=C1C3(C)C. The van der Waals surface area contributed by atoms with Crippen molar-refractivity contribution in [3.05, 3.63) is 47.0 Å². The lowest BCUT2D eigenvalue weighted by Crippen LogP contribution is -2.83. The van der Waals surface area contributed by atoms with Crippen molar-refractivity contribution in [3.63, 3.8) is 0 Å². The van der Waals surface area contributed by atoms with Crippen LogP contribution >= 0.6 is 0 Å². The van der Waals surface area contributed by atoms with Crippen molar-refractivity contribution in [2.45, 2.75) is 148 Å². The number of hydrogen-bond acceptors (Lipinski definition) is 16. The summed E-state index contributed by atoms with van der Waals surface area (Å²) in [5.74, 6) is -4.88. The van der Waals surface area contributed by atoms with Crippen LogP contribution in [0.2, 0.25) is 0 Å². The Kier molecular flexibility index (Phi) is 12.3. The van der Waals surface area contributed by atoms with E-state index in [-0.39, 0.29) is 42.1 Å². The number of ether oxygens (including phenoxy) is 9. The van der Waals surface area contributed by atoms with E-state index in [9.17, 15) is 29.1 Å². The van der Waals surface area contributed by atoms with Gasteiger partial charge in [0, 0.05) is 33.0 Å². The molecule has 12 atom stereocenters. The maximum absolute atomic E-state index is 15.7. The summed E-state index contributed by atoms with van der Waals surface area (Å²) in [5.41, 5.74) is -7.46. The Labute approximate surface area is 355 Å². The number of carbonyl (C=O) groups is 6. The first-order valence-corrected chi connectivity index (χ1v) is 20.6. The molecule has 3 aliphatic carbocycles. The Morgan fingerprint density at radius 3 is 2.20 bits per heavy atom. The van der Waals surface area contributed by atoms with E-state index in [4.69, 9.17) is 42.6 Å². The summed E-state index contributed by atoms with van der Waals surface area (Å²) < 4.78 is 55.1. The molecule has 0 unspecified atom stereocenters. The van der Waals surface area contributed by atoms with Gasteiger partial charge in [-0.05, 0) is 70.2 Å².